The number of anilines is 1. The fourth-order valence-corrected chi connectivity index (χ4v) is 2.06. The third kappa shape index (κ3) is 4.50. The Morgan fingerprint density at radius 3 is 2.95 bits per heavy atom. The molecule has 2 N–H and O–H groups in total. The van der Waals surface area contributed by atoms with Crippen LogP contribution in [-0.2, 0) is 6.42 Å². The smallest absolute Gasteiger partial charge is 0.172 e. The summed E-state index contributed by atoms with van der Waals surface area (Å²) in [6, 6.07) is 8.27. The van der Waals surface area contributed by atoms with Crippen molar-refractivity contribution in [1.29, 1.82) is 0 Å². The van der Waals surface area contributed by atoms with E-state index in [9.17, 15) is 4.39 Å². The van der Waals surface area contributed by atoms with Crippen molar-refractivity contribution >= 4 is 39.1 Å². The van der Waals surface area contributed by atoms with Crippen LogP contribution in [0.2, 0.25) is 0 Å². The van der Waals surface area contributed by atoms with Crippen molar-refractivity contribution in [3.63, 3.8) is 0 Å². The molecule has 2 rings (SSSR count). The van der Waals surface area contributed by atoms with Crippen LogP contribution in [-0.4, -0.2) is 21.9 Å². The second kappa shape index (κ2) is 7.25. The average molecular weight is 355 g/mol. The second-order valence-corrected chi connectivity index (χ2v) is 5.25. The minimum atomic E-state index is -0.230. The Kier molecular flexibility index (Phi) is 5.37. The molecule has 7 heteroatoms. The number of hydrogen-bond acceptors (Lipinski definition) is 3. The van der Waals surface area contributed by atoms with Crippen LogP contribution in [0.5, 0.6) is 0 Å². The molecular weight excluding hydrogens is 343 g/mol. The van der Waals surface area contributed by atoms with E-state index in [1.54, 1.807) is 18.3 Å². The van der Waals surface area contributed by atoms with Crippen molar-refractivity contribution < 1.29 is 4.39 Å². The highest BCUT2D eigenvalue weighted by atomic mass is 79.9. The van der Waals surface area contributed by atoms with Gasteiger partial charge in [0.05, 0.1) is 10.7 Å². The maximum Gasteiger partial charge on any atom is 0.172 e. The Balaban J connectivity index is 1.80. The minimum Gasteiger partial charge on any atom is -0.362 e. The quantitative estimate of drug-likeness (QED) is 0.826. The Bertz CT molecular complexity index is 608. The van der Waals surface area contributed by atoms with E-state index in [0.29, 0.717) is 23.9 Å². The average Bonchev–Trinajstić information content (AvgIpc) is 2.41. The summed E-state index contributed by atoms with van der Waals surface area (Å²) < 4.78 is 13.8. The molecule has 0 bridgehead atoms. The molecule has 0 radical (unpaired) electrons. The number of thiocarbonyl (C=S) groups is 1. The van der Waals surface area contributed by atoms with Crippen molar-refractivity contribution in [2.45, 2.75) is 6.42 Å². The predicted octanol–water partition coefficient (Wildman–Crippen LogP) is 2.91. The van der Waals surface area contributed by atoms with E-state index in [0.717, 1.165) is 10.0 Å². The van der Waals surface area contributed by atoms with Gasteiger partial charge in [0.15, 0.2) is 10.9 Å². The Labute approximate surface area is 129 Å². The first kappa shape index (κ1) is 14.8. The molecule has 2 aromatic rings. The summed E-state index contributed by atoms with van der Waals surface area (Å²) in [6.07, 6.45) is 2.26. The summed E-state index contributed by atoms with van der Waals surface area (Å²) in [6.45, 7) is 0.604. The third-order valence-corrected chi connectivity index (χ3v) is 3.38. The van der Waals surface area contributed by atoms with Crippen LogP contribution < -0.4 is 10.6 Å². The van der Waals surface area contributed by atoms with E-state index in [2.05, 4.69) is 36.8 Å². The fraction of sp³-hybridized carbons (Fsp3) is 0.154. The van der Waals surface area contributed by atoms with Crippen molar-refractivity contribution in [1.82, 2.24) is 15.5 Å². The molecule has 104 valence electrons. The number of halogens is 2. The third-order valence-electron chi connectivity index (χ3n) is 2.49. The van der Waals surface area contributed by atoms with Crippen LogP contribution in [0.3, 0.4) is 0 Å². The van der Waals surface area contributed by atoms with E-state index in [1.807, 2.05) is 6.07 Å². The maximum absolute atomic E-state index is 13.0. The Hall–Kier alpha value is -1.60. The van der Waals surface area contributed by atoms with Gasteiger partial charge in [-0.25, -0.2) is 4.39 Å². The molecule has 0 aliphatic rings. The molecule has 0 unspecified atom stereocenters. The zero-order valence-electron chi connectivity index (χ0n) is 10.4. The topological polar surface area (TPSA) is 49.8 Å². The van der Waals surface area contributed by atoms with Gasteiger partial charge in [0.25, 0.3) is 0 Å². The van der Waals surface area contributed by atoms with Crippen LogP contribution in [0.25, 0.3) is 0 Å². The molecule has 0 atom stereocenters. The van der Waals surface area contributed by atoms with Gasteiger partial charge in [0.2, 0.25) is 0 Å². The number of aromatic nitrogens is 2. The zero-order chi connectivity index (χ0) is 14.4. The number of nitrogens with one attached hydrogen (secondary N) is 2. The predicted molar refractivity (Wildman–Crippen MR) is 84.1 cm³/mol. The summed E-state index contributed by atoms with van der Waals surface area (Å²) in [4.78, 5) is 0. The molecule has 0 aliphatic carbocycles. The van der Waals surface area contributed by atoms with E-state index >= 15 is 0 Å². The van der Waals surface area contributed by atoms with E-state index in [1.165, 1.54) is 12.1 Å². The summed E-state index contributed by atoms with van der Waals surface area (Å²) in [5.41, 5.74) is 0.918. The highest BCUT2D eigenvalue weighted by Gasteiger charge is 2.03. The molecule has 0 spiro atoms. The van der Waals surface area contributed by atoms with Crippen molar-refractivity contribution in [2.75, 3.05) is 11.9 Å². The van der Waals surface area contributed by atoms with Gasteiger partial charge in [-0.05, 0) is 58.3 Å². The van der Waals surface area contributed by atoms with Gasteiger partial charge in [0, 0.05) is 6.54 Å². The molecule has 4 nitrogen and oxygen atoms in total. The first-order valence-electron chi connectivity index (χ1n) is 5.91. The fourth-order valence-electron chi connectivity index (χ4n) is 1.57. The van der Waals surface area contributed by atoms with Gasteiger partial charge in [0.1, 0.15) is 5.82 Å². The first-order valence-corrected chi connectivity index (χ1v) is 7.12. The van der Waals surface area contributed by atoms with E-state index < -0.39 is 0 Å². The molecule has 0 fully saturated rings. The lowest BCUT2D eigenvalue weighted by Crippen LogP contribution is -2.30. The van der Waals surface area contributed by atoms with Crippen LogP contribution in [0, 0.1) is 5.82 Å². The molecule has 1 aromatic heterocycles. The summed E-state index contributed by atoms with van der Waals surface area (Å²) >= 11 is 8.50. The van der Waals surface area contributed by atoms with E-state index in [-0.39, 0.29) is 5.82 Å². The molecule has 1 heterocycles. The van der Waals surface area contributed by atoms with Crippen molar-refractivity contribution in [3.05, 3.63) is 52.4 Å². The Morgan fingerprint density at radius 1 is 1.35 bits per heavy atom. The lowest BCUT2D eigenvalue weighted by Gasteiger charge is -2.10. The normalized spacial score (nSPS) is 10.1. The summed E-state index contributed by atoms with van der Waals surface area (Å²) in [5, 5.41) is 14.1. The van der Waals surface area contributed by atoms with Crippen molar-refractivity contribution in [3.8, 4) is 0 Å². The molecular formula is C13H12BrFN4S. The lowest BCUT2D eigenvalue weighted by atomic mass is 10.1. The van der Waals surface area contributed by atoms with Crippen molar-refractivity contribution in [2.24, 2.45) is 0 Å². The first-order chi connectivity index (χ1) is 9.65. The zero-order valence-corrected chi connectivity index (χ0v) is 12.8. The highest BCUT2D eigenvalue weighted by molar-refractivity contribution is 9.10. The highest BCUT2D eigenvalue weighted by Crippen LogP contribution is 2.16. The molecule has 0 aliphatic heterocycles. The van der Waals surface area contributed by atoms with Crippen LogP contribution in [0.4, 0.5) is 10.2 Å². The number of hydrogen-bond donors (Lipinski definition) is 2. The summed E-state index contributed by atoms with van der Waals surface area (Å²) in [5.74, 6) is 0.322. The molecule has 0 amide bonds. The minimum absolute atomic E-state index is 0.230. The van der Waals surface area contributed by atoms with Gasteiger partial charge in [-0.1, -0.05) is 12.1 Å². The molecule has 0 saturated carbocycles. The molecule has 0 saturated heterocycles. The monoisotopic (exact) mass is 354 g/mol. The second-order valence-electron chi connectivity index (χ2n) is 3.99. The van der Waals surface area contributed by atoms with Crippen LogP contribution >= 0.6 is 28.1 Å². The van der Waals surface area contributed by atoms with Gasteiger partial charge in [-0.2, -0.15) is 5.10 Å². The molecule has 1 aromatic carbocycles. The largest absolute Gasteiger partial charge is 0.362 e. The standard InChI is InChI=1S/C13H12BrFN4S/c14-11-5-7-17-19-12(11)18-13(20)16-6-4-9-2-1-3-10(15)8-9/h1-3,5,7-8H,4,6H2,(H2,16,18,19,20). The van der Waals surface area contributed by atoms with Gasteiger partial charge in [-0.15, -0.1) is 5.10 Å². The summed E-state index contributed by atoms with van der Waals surface area (Å²) in [7, 11) is 0. The van der Waals surface area contributed by atoms with Gasteiger partial charge >= 0.3 is 0 Å². The Morgan fingerprint density at radius 2 is 2.20 bits per heavy atom. The van der Waals surface area contributed by atoms with Gasteiger partial charge < -0.3 is 10.6 Å². The molecule has 20 heavy (non-hydrogen) atoms. The lowest BCUT2D eigenvalue weighted by molar-refractivity contribution is 0.625. The van der Waals surface area contributed by atoms with Crippen LogP contribution in [0.1, 0.15) is 5.56 Å². The number of benzene rings is 1. The number of rotatable bonds is 4. The van der Waals surface area contributed by atoms with E-state index in [4.69, 9.17) is 12.2 Å². The maximum atomic E-state index is 13.0. The van der Waals surface area contributed by atoms with Gasteiger partial charge in [-0.3, -0.25) is 0 Å². The van der Waals surface area contributed by atoms with Crippen LogP contribution in [0.15, 0.2) is 41.0 Å². The number of nitrogens with zero attached hydrogens (tertiary/aromatic N) is 2. The SMILES string of the molecule is Fc1cccc(CCNC(=S)Nc2nnccc2Br)c1.